The monoisotopic (exact) mass is 119 g/mol. The van der Waals surface area contributed by atoms with Crippen molar-refractivity contribution >= 4 is 103 Å². The average Bonchev–Trinajstić information content (AvgIpc) is 0. The Hall–Kier alpha value is 3.16. The molecule has 4 heavy (non-hydrogen) atoms. The molecule has 0 aliphatic heterocycles. The van der Waals surface area contributed by atoms with Crippen molar-refractivity contribution < 1.29 is 11.6 Å². The van der Waals surface area contributed by atoms with Crippen LogP contribution in [0.3, 0.4) is 0 Å². The van der Waals surface area contributed by atoms with Crippen LogP contribution in [-0.2, 0) is 0 Å². The first kappa shape index (κ1) is 27.2. The predicted molar refractivity (Wildman–Crippen MR) is 21.5 cm³/mol. The van der Waals surface area contributed by atoms with Crippen molar-refractivity contribution in [2.75, 3.05) is 0 Å². The van der Waals surface area contributed by atoms with Crippen LogP contribution in [0.15, 0.2) is 0 Å². The fourth-order valence-corrected chi connectivity index (χ4v) is 0. The van der Waals surface area contributed by atoms with Crippen LogP contribution in [0.2, 0.25) is 0 Å². The van der Waals surface area contributed by atoms with E-state index in [2.05, 4.69) is 0 Å². The van der Waals surface area contributed by atoms with Crippen molar-refractivity contribution in [3.63, 3.8) is 0 Å². The second-order valence-electron chi connectivity index (χ2n) is 0. The topological polar surface area (TPSA) is 31.5 Å². The molecule has 0 unspecified atom stereocenters. The molecule has 0 spiro atoms. The Labute approximate surface area is 111 Å². The molecule has 1 nitrogen and oxygen atoms in total. The van der Waals surface area contributed by atoms with E-state index >= 15 is 0 Å². The van der Waals surface area contributed by atoms with Crippen molar-refractivity contribution in [1.29, 1.82) is 0 Å². The average molecular weight is 119 g/mol. The fourth-order valence-electron chi connectivity index (χ4n) is 0. The molecule has 0 rings (SSSR count). The molecule has 0 saturated carbocycles. The standard InChI is InChI=1S/FH.2K.H2O.2H/h1H;;;1H2;;/p+1. The Morgan fingerprint density at radius 1 is 1.00 bits per heavy atom. The molecule has 0 aromatic rings. The Morgan fingerprint density at radius 3 is 1.00 bits per heavy atom. The molecular formula is H6FK2O+. The van der Waals surface area contributed by atoms with Gasteiger partial charge in [-0.05, 0) is 0 Å². The van der Waals surface area contributed by atoms with Gasteiger partial charge in [0.2, 0.25) is 0 Å². The van der Waals surface area contributed by atoms with E-state index < -0.39 is 0 Å². The molecule has 0 bridgehead atoms. The summed E-state index contributed by atoms with van der Waals surface area (Å²) >= 11 is 0. The van der Waals surface area contributed by atoms with Crippen molar-refractivity contribution in [2.24, 2.45) is 0 Å². The van der Waals surface area contributed by atoms with Crippen LogP contribution in [0.5, 0.6) is 0 Å². The Bertz CT molecular complexity index is 9.61. The molecule has 0 atom stereocenters. The molecule has 0 saturated heterocycles. The summed E-state index contributed by atoms with van der Waals surface area (Å²) in [6.45, 7) is 0. The minimum atomic E-state index is 0. The molecule has 0 aliphatic rings. The molecule has 0 radical (unpaired) electrons. The van der Waals surface area contributed by atoms with E-state index in [0.29, 0.717) is 0 Å². The first-order chi connectivity index (χ1) is 0. The molecule has 4 heteroatoms. The van der Waals surface area contributed by atoms with E-state index in [0.717, 1.165) is 0 Å². The van der Waals surface area contributed by atoms with Crippen molar-refractivity contribution in [2.45, 2.75) is 0 Å². The molecule has 0 aromatic heterocycles. The van der Waals surface area contributed by atoms with Gasteiger partial charge in [-0.15, -0.1) is 0 Å². The van der Waals surface area contributed by atoms with Crippen molar-refractivity contribution in [3.05, 3.63) is 0 Å². The summed E-state index contributed by atoms with van der Waals surface area (Å²) in [4.78, 5) is 0. The molecule has 0 heterocycles. The molecule has 0 amide bonds. The van der Waals surface area contributed by atoms with Crippen LogP contribution in [0.4, 0.5) is 4.70 Å². The SMILES string of the molecule is F.O.[H+].[KH].[KH]. The van der Waals surface area contributed by atoms with Gasteiger partial charge in [0, 0.05) is 0 Å². The van der Waals surface area contributed by atoms with Crippen LogP contribution in [0.1, 0.15) is 1.43 Å². The summed E-state index contributed by atoms with van der Waals surface area (Å²) in [5.74, 6) is 0. The summed E-state index contributed by atoms with van der Waals surface area (Å²) in [5, 5.41) is 0. The zero-order valence-corrected chi connectivity index (χ0v) is 0.908. The zero-order chi connectivity index (χ0) is 0. The van der Waals surface area contributed by atoms with Gasteiger partial charge in [0.1, 0.15) is 0 Å². The first-order valence-corrected chi connectivity index (χ1v) is 0. The van der Waals surface area contributed by atoms with Gasteiger partial charge in [0.25, 0.3) is 0 Å². The number of hydrogen-bond donors (Lipinski definition) is 0. The van der Waals surface area contributed by atoms with E-state index in [4.69, 9.17) is 0 Å². The van der Waals surface area contributed by atoms with Crippen LogP contribution in [0.25, 0.3) is 0 Å². The second-order valence-corrected chi connectivity index (χ2v) is 0. The van der Waals surface area contributed by atoms with Gasteiger partial charge in [-0.1, -0.05) is 0 Å². The van der Waals surface area contributed by atoms with Gasteiger partial charge >= 0.3 is 104 Å². The summed E-state index contributed by atoms with van der Waals surface area (Å²) in [5.41, 5.74) is 0. The molecule has 2 N–H and O–H groups in total. The van der Waals surface area contributed by atoms with Gasteiger partial charge < -0.3 is 5.48 Å². The Kier molecular flexibility index (Phi) is 112. The van der Waals surface area contributed by atoms with E-state index in [1.807, 2.05) is 0 Å². The van der Waals surface area contributed by atoms with Crippen molar-refractivity contribution in [3.8, 4) is 0 Å². The molecule has 0 fully saturated rings. The number of rotatable bonds is 0. The van der Waals surface area contributed by atoms with Gasteiger partial charge in [-0.3, -0.25) is 4.70 Å². The van der Waals surface area contributed by atoms with Gasteiger partial charge in [0.05, 0.1) is 0 Å². The normalized spacial score (nSPS) is 0. The summed E-state index contributed by atoms with van der Waals surface area (Å²) in [6, 6.07) is 0. The summed E-state index contributed by atoms with van der Waals surface area (Å²) < 4.78 is 0. The third-order valence-corrected chi connectivity index (χ3v) is 0. The number of hydrogen-bond acceptors (Lipinski definition) is 0. The summed E-state index contributed by atoms with van der Waals surface area (Å²) in [6.07, 6.45) is 0. The summed E-state index contributed by atoms with van der Waals surface area (Å²) in [7, 11) is 0. The van der Waals surface area contributed by atoms with Crippen LogP contribution in [0, 0.1) is 0 Å². The van der Waals surface area contributed by atoms with Gasteiger partial charge in [-0.25, -0.2) is 0 Å². The first-order valence-electron chi connectivity index (χ1n) is 0. The number of halogens is 1. The maximum absolute atomic E-state index is 0. The molecule has 20 valence electrons. The third-order valence-electron chi connectivity index (χ3n) is 0. The zero-order valence-electron chi connectivity index (χ0n) is 1.91. The van der Waals surface area contributed by atoms with Crippen LogP contribution in [-0.4, -0.2) is 108 Å². The van der Waals surface area contributed by atoms with Crippen LogP contribution >= 0.6 is 0 Å². The minimum absolute atomic E-state index is 0. The van der Waals surface area contributed by atoms with E-state index in [1.165, 1.54) is 0 Å². The molecule has 0 aromatic carbocycles. The molecule has 0 aliphatic carbocycles. The second kappa shape index (κ2) is 16.4. The quantitative estimate of drug-likeness (QED) is 0.335. The fraction of sp³-hybridized carbons (Fsp3) is 0. The van der Waals surface area contributed by atoms with Gasteiger partial charge in [-0.2, -0.15) is 0 Å². The molecular weight excluding hydrogens is 113 g/mol. The predicted octanol–water partition coefficient (Wildman–Crippen LogP) is -1.86. The van der Waals surface area contributed by atoms with Gasteiger partial charge in [0.15, 0.2) is 0 Å². The van der Waals surface area contributed by atoms with E-state index in [9.17, 15) is 0 Å². The van der Waals surface area contributed by atoms with Crippen molar-refractivity contribution in [1.82, 2.24) is 0 Å². The third kappa shape index (κ3) is 8.94. The van der Waals surface area contributed by atoms with Crippen LogP contribution < -0.4 is 0 Å². The maximum atomic E-state index is 0. The van der Waals surface area contributed by atoms with E-state index in [-0.39, 0.29) is 114 Å². The Balaban J connectivity index is 0. The van der Waals surface area contributed by atoms with E-state index in [1.54, 1.807) is 0 Å². The Morgan fingerprint density at radius 2 is 1.00 bits per heavy atom.